The third kappa shape index (κ3) is 8.77. The van der Waals surface area contributed by atoms with Crippen LogP contribution in [0.3, 0.4) is 0 Å². The van der Waals surface area contributed by atoms with Gasteiger partial charge in [-0.2, -0.15) is 0 Å². The Morgan fingerprint density at radius 1 is 0.970 bits per heavy atom. The largest absolute Gasteiger partial charge is 0.491 e. The zero-order chi connectivity index (χ0) is 23.9. The molecule has 4 nitrogen and oxygen atoms in total. The van der Waals surface area contributed by atoms with Crippen LogP contribution in [0.5, 0.6) is 5.75 Å². The number of hydrogen-bond acceptors (Lipinski definition) is 4. The molecular weight excluding hydrogens is 408 g/mol. The summed E-state index contributed by atoms with van der Waals surface area (Å²) in [6, 6.07) is 19.5. The molecule has 1 saturated heterocycles. The van der Waals surface area contributed by atoms with Gasteiger partial charge in [-0.25, -0.2) is 0 Å². The van der Waals surface area contributed by atoms with E-state index in [-0.39, 0.29) is 10.8 Å². The second-order valence-electron chi connectivity index (χ2n) is 11.6. The van der Waals surface area contributed by atoms with Gasteiger partial charge in [-0.1, -0.05) is 77.1 Å². The first kappa shape index (κ1) is 25.7. The summed E-state index contributed by atoms with van der Waals surface area (Å²) in [7, 11) is 0. The lowest BCUT2D eigenvalue weighted by molar-refractivity contribution is 0.0979. The zero-order valence-electron chi connectivity index (χ0n) is 21.3. The van der Waals surface area contributed by atoms with Crippen LogP contribution in [0.15, 0.2) is 54.6 Å². The van der Waals surface area contributed by atoms with Gasteiger partial charge in [0.05, 0.1) is 0 Å². The van der Waals surface area contributed by atoms with E-state index in [2.05, 4.69) is 87.3 Å². The first-order chi connectivity index (χ1) is 15.6. The van der Waals surface area contributed by atoms with Gasteiger partial charge >= 0.3 is 0 Å². The molecule has 1 aliphatic rings. The van der Waals surface area contributed by atoms with Gasteiger partial charge in [-0.05, 0) is 66.4 Å². The lowest BCUT2D eigenvalue weighted by Crippen LogP contribution is -2.45. The van der Waals surface area contributed by atoms with E-state index in [0.717, 1.165) is 44.6 Å². The number of benzene rings is 2. The number of nitrogens with one attached hydrogen (secondary N) is 1. The Morgan fingerprint density at radius 3 is 2.21 bits per heavy atom. The number of piperidine rings is 1. The second kappa shape index (κ2) is 11.5. The Bertz CT molecular complexity index is 819. The molecule has 0 aliphatic carbocycles. The smallest absolute Gasteiger partial charge is 0.119 e. The first-order valence-electron chi connectivity index (χ1n) is 12.5. The van der Waals surface area contributed by atoms with E-state index in [0.29, 0.717) is 19.2 Å². The van der Waals surface area contributed by atoms with E-state index in [9.17, 15) is 5.11 Å². The predicted octanol–water partition coefficient (Wildman–Crippen LogP) is 5.39. The highest BCUT2D eigenvalue weighted by molar-refractivity contribution is 5.31. The van der Waals surface area contributed by atoms with Gasteiger partial charge in [-0.15, -0.1) is 0 Å². The Balaban J connectivity index is 1.35. The lowest BCUT2D eigenvalue weighted by atomic mass is 9.72. The van der Waals surface area contributed by atoms with E-state index in [1.807, 2.05) is 12.1 Å². The van der Waals surface area contributed by atoms with Crippen molar-refractivity contribution < 1.29 is 9.84 Å². The van der Waals surface area contributed by atoms with Crippen molar-refractivity contribution in [3.8, 4) is 5.75 Å². The maximum Gasteiger partial charge on any atom is 0.119 e. The lowest BCUT2D eigenvalue weighted by Gasteiger charge is -2.33. The van der Waals surface area contributed by atoms with E-state index in [1.165, 1.54) is 11.1 Å². The normalized spacial score (nSPS) is 17.2. The Labute approximate surface area is 201 Å². The number of ether oxygens (including phenoxy) is 1. The molecule has 1 heterocycles. The fourth-order valence-electron chi connectivity index (χ4n) is 5.12. The first-order valence-corrected chi connectivity index (χ1v) is 12.5. The Hall–Kier alpha value is -1.88. The van der Waals surface area contributed by atoms with E-state index in [4.69, 9.17) is 4.74 Å². The van der Waals surface area contributed by atoms with E-state index >= 15 is 0 Å². The molecule has 1 fully saturated rings. The van der Waals surface area contributed by atoms with Gasteiger partial charge in [-0.3, -0.25) is 4.90 Å². The molecule has 0 amide bonds. The number of nitrogens with zero attached hydrogens (tertiary/aromatic N) is 1. The molecule has 4 heteroatoms. The molecule has 0 bridgehead atoms. The molecular formula is C29H44N2O2. The van der Waals surface area contributed by atoms with Crippen LogP contribution in [0, 0.1) is 5.41 Å². The third-order valence-corrected chi connectivity index (χ3v) is 6.53. The number of likely N-dealkylation sites (tertiary alicyclic amines) is 1. The van der Waals surface area contributed by atoms with Crippen molar-refractivity contribution in [2.75, 3.05) is 26.2 Å². The molecule has 0 radical (unpaired) electrons. The van der Waals surface area contributed by atoms with Crippen LogP contribution in [0.25, 0.3) is 0 Å². The molecule has 33 heavy (non-hydrogen) atoms. The zero-order valence-corrected chi connectivity index (χ0v) is 21.3. The van der Waals surface area contributed by atoms with Crippen molar-refractivity contribution in [1.82, 2.24) is 10.2 Å². The minimum Gasteiger partial charge on any atom is -0.491 e. The summed E-state index contributed by atoms with van der Waals surface area (Å²) < 4.78 is 5.86. The maximum atomic E-state index is 10.4. The Kier molecular flexibility index (Phi) is 8.97. The highest BCUT2D eigenvalue weighted by atomic mass is 16.5. The number of aliphatic hydroxyl groups excluding tert-OH is 1. The number of aliphatic hydroxyl groups is 1. The molecule has 0 spiro atoms. The SMILES string of the molecule is CC(C)(C)CC(C)(C)c1ccc(OC[C@@H](O)CNC2CCN(Cc3ccccc3)CC2)cc1. The average molecular weight is 453 g/mol. The Morgan fingerprint density at radius 2 is 1.61 bits per heavy atom. The summed E-state index contributed by atoms with van der Waals surface area (Å²) >= 11 is 0. The topological polar surface area (TPSA) is 44.7 Å². The minimum absolute atomic E-state index is 0.122. The summed E-state index contributed by atoms with van der Waals surface area (Å²) in [6.07, 6.45) is 2.85. The predicted molar refractivity (Wildman–Crippen MR) is 138 cm³/mol. The molecule has 0 aromatic heterocycles. The van der Waals surface area contributed by atoms with Crippen LogP contribution in [-0.2, 0) is 12.0 Å². The second-order valence-corrected chi connectivity index (χ2v) is 11.6. The molecule has 2 N–H and O–H groups in total. The van der Waals surface area contributed by atoms with Crippen LogP contribution in [0.1, 0.15) is 65.0 Å². The summed E-state index contributed by atoms with van der Waals surface area (Å²) in [5.41, 5.74) is 3.11. The van der Waals surface area contributed by atoms with Crippen molar-refractivity contribution in [3.63, 3.8) is 0 Å². The fourth-order valence-corrected chi connectivity index (χ4v) is 5.12. The fraction of sp³-hybridized carbons (Fsp3) is 0.586. The van der Waals surface area contributed by atoms with Crippen LogP contribution in [0.4, 0.5) is 0 Å². The monoisotopic (exact) mass is 452 g/mol. The summed E-state index contributed by atoms with van der Waals surface area (Å²) in [6.45, 7) is 15.6. The highest BCUT2D eigenvalue weighted by Crippen LogP contribution is 2.36. The van der Waals surface area contributed by atoms with Gasteiger partial charge in [0.15, 0.2) is 0 Å². The molecule has 2 aromatic carbocycles. The molecule has 3 rings (SSSR count). The molecule has 1 aliphatic heterocycles. The van der Waals surface area contributed by atoms with E-state index in [1.54, 1.807) is 0 Å². The van der Waals surface area contributed by atoms with Crippen LogP contribution >= 0.6 is 0 Å². The van der Waals surface area contributed by atoms with Crippen LogP contribution in [0.2, 0.25) is 0 Å². The van der Waals surface area contributed by atoms with Crippen molar-refractivity contribution in [3.05, 3.63) is 65.7 Å². The summed E-state index contributed by atoms with van der Waals surface area (Å²) in [4.78, 5) is 2.51. The van der Waals surface area contributed by atoms with Gasteiger partial charge in [0.2, 0.25) is 0 Å². The number of rotatable bonds is 10. The molecule has 0 saturated carbocycles. The van der Waals surface area contributed by atoms with Crippen LogP contribution < -0.4 is 10.1 Å². The quantitative estimate of drug-likeness (QED) is 0.507. The average Bonchev–Trinajstić information content (AvgIpc) is 2.77. The standard InChI is InChI=1S/C29H44N2O2/c1-28(2,3)22-29(4,5)24-11-13-27(14-12-24)33-21-26(32)19-30-25-15-17-31(18-16-25)20-23-9-7-6-8-10-23/h6-14,25-26,30,32H,15-22H2,1-5H3/t26-/m0/s1. The molecule has 2 aromatic rings. The minimum atomic E-state index is -0.510. The van der Waals surface area contributed by atoms with Crippen molar-refractivity contribution in [1.29, 1.82) is 0 Å². The van der Waals surface area contributed by atoms with Crippen molar-refractivity contribution in [2.24, 2.45) is 5.41 Å². The highest BCUT2D eigenvalue weighted by Gasteiger charge is 2.27. The van der Waals surface area contributed by atoms with Gasteiger partial charge in [0.1, 0.15) is 18.5 Å². The molecule has 1 atom stereocenters. The summed E-state index contributed by atoms with van der Waals surface area (Å²) in [5.74, 6) is 0.818. The number of hydrogen-bond donors (Lipinski definition) is 2. The maximum absolute atomic E-state index is 10.4. The summed E-state index contributed by atoms with van der Waals surface area (Å²) in [5, 5.41) is 13.9. The van der Waals surface area contributed by atoms with Crippen molar-refractivity contribution in [2.45, 2.75) is 78.0 Å². The van der Waals surface area contributed by atoms with Crippen LogP contribution in [-0.4, -0.2) is 48.4 Å². The molecule has 0 unspecified atom stereocenters. The van der Waals surface area contributed by atoms with Gasteiger partial charge in [0.25, 0.3) is 0 Å². The van der Waals surface area contributed by atoms with E-state index < -0.39 is 6.10 Å². The third-order valence-electron chi connectivity index (χ3n) is 6.53. The van der Waals surface area contributed by atoms with Crippen molar-refractivity contribution >= 4 is 0 Å². The van der Waals surface area contributed by atoms with Gasteiger partial charge < -0.3 is 15.2 Å². The molecule has 182 valence electrons. The van der Waals surface area contributed by atoms with Gasteiger partial charge in [0, 0.05) is 19.1 Å².